The van der Waals surface area contributed by atoms with Crippen molar-refractivity contribution in [3.63, 3.8) is 0 Å². The van der Waals surface area contributed by atoms with E-state index in [0.29, 0.717) is 11.5 Å². The van der Waals surface area contributed by atoms with Gasteiger partial charge in [0.15, 0.2) is 0 Å². The predicted molar refractivity (Wildman–Crippen MR) is 77.0 cm³/mol. The summed E-state index contributed by atoms with van der Waals surface area (Å²) < 4.78 is 0. The van der Waals surface area contributed by atoms with Crippen LogP contribution in [0.5, 0.6) is 0 Å². The molecule has 1 rings (SSSR count). The van der Waals surface area contributed by atoms with Gasteiger partial charge in [-0.2, -0.15) is 0 Å². The van der Waals surface area contributed by atoms with E-state index in [9.17, 15) is 0 Å². The largest absolute Gasteiger partial charge is 0.327 e. The van der Waals surface area contributed by atoms with Crippen molar-refractivity contribution in [3.05, 3.63) is 0 Å². The van der Waals surface area contributed by atoms with E-state index in [0.717, 1.165) is 17.8 Å². The van der Waals surface area contributed by atoms with E-state index in [2.05, 4.69) is 34.6 Å². The van der Waals surface area contributed by atoms with Crippen molar-refractivity contribution in [2.75, 3.05) is 0 Å². The third-order valence-corrected chi connectivity index (χ3v) is 4.68. The third-order valence-electron chi connectivity index (χ3n) is 4.68. The van der Waals surface area contributed by atoms with Gasteiger partial charge in [-0.3, -0.25) is 0 Å². The van der Waals surface area contributed by atoms with Crippen molar-refractivity contribution >= 4 is 0 Å². The van der Waals surface area contributed by atoms with Crippen LogP contribution in [-0.4, -0.2) is 6.04 Å². The number of nitrogens with two attached hydrogens (primary N) is 1. The van der Waals surface area contributed by atoms with Crippen LogP contribution in [0, 0.1) is 23.2 Å². The molecule has 1 fully saturated rings. The first-order valence-electron chi connectivity index (χ1n) is 7.56. The smallest absolute Gasteiger partial charge is 0.00672 e. The minimum Gasteiger partial charge on any atom is -0.327 e. The summed E-state index contributed by atoms with van der Waals surface area (Å²) in [5.74, 6) is 2.51. The molecule has 1 unspecified atom stereocenters. The first-order valence-corrected chi connectivity index (χ1v) is 7.56. The van der Waals surface area contributed by atoms with Gasteiger partial charge in [0.2, 0.25) is 0 Å². The van der Waals surface area contributed by atoms with E-state index in [1.807, 2.05) is 0 Å². The lowest BCUT2D eigenvalue weighted by Gasteiger charge is -2.38. The summed E-state index contributed by atoms with van der Waals surface area (Å²) in [7, 11) is 0. The first-order chi connectivity index (χ1) is 7.80. The Balaban J connectivity index is 2.31. The molecule has 102 valence electrons. The summed E-state index contributed by atoms with van der Waals surface area (Å²) in [6.07, 6.45) is 8.03. The molecule has 1 nitrogen and oxygen atoms in total. The van der Waals surface area contributed by atoms with Crippen LogP contribution >= 0.6 is 0 Å². The molecule has 0 aromatic rings. The van der Waals surface area contributed by atoms with Gasteiger partial charge in [-0.05, 0) is 61.7 Å². The maximum atomic E-state index is 6.35. The average molecular weight is 239 g/mol. The Morgan fingerprint density at radius 2 is 1.53 bits per heavy atom. The lowest BCUT2D eigenvalue weighted by Crippen LogP contribution is -2.35. The summed E-state index contributed by atoms with van der Waals surface area (Å²) in [4.78, 5) is 0. The molecule has 0 radical (unpaired) electrons. The molecule has 1 atom stereocenters. The monoisotopic (exact) mass is 239 g/mol. The fourth-order valence-electron chi connectivity index (χ4n) is 3.17. The molecule has 0 bridgehead atoms. The molecule has 2 N–H and O–H groups in total. The molecule has 1 aliphatic carbocycles. The highest BCUT2D eigenvalue weighted by molar-refractivity contribution is 4.84. The van der Waals surface area contributed by atoms with Gasteiger partial charge < -0.3 is 5.73 Å². The Kier molecular flexibility index (Phi) is 5.50. The van der Waals surface area contributed by atoms with E-state index >= 15 is 0 Å². The lowest BCUT2D eigenvalue weighted by atomic mass is 9.68. The van der Waals surface area contributed by atoms with E-state index in [-0.39, 0.29) is 0 Å². The first kappa shape index (κ1) is 15.0. The van der Waals surface area contributed by atoms with Crippen LogP contribution in [0.25, 0.3) is 0 Å². The Morgan fingerprint density at radius 1 is 1.00 bits per heavy atom. The molecule has 0 saturated heterocycles. The van der Waals surface area contributed by atoms with Crippen LogP contribution in [-0.2, 0) is 0 Å². The number of hydrogen-bond acceptors (Lipinski definition) is 1. The summed E-state index contributed by atoms with van der Waals surface area (Å²) >= 11 is 0. The summed E-state index contributed by atoms with van der Waals surface area (Å²) in [6, 6.07) is 0.457. The average Bonchev–Trinajstić information content (AvgIpc) is 2.25. The molecule has 0 heterocycles. The molecular formula is C16H33N. The van der Waals surface area contributed by atoms with Gasteiger partial charge in [-0.15, -0.1) is 0 Å². The van der Waals surface area contributed by atoms with Crippen LogP contribution in [0.15, 0.2) is 0 Å². The predicted octanol–water partition coefficient (Wildman–Crippen LogP) is 4.60. The van der Waals surface area contributed by atoms with Crippen LogP contribution in [0.1, 0.15) is 73.1 Å². The highest BCUT2D eigenvalue weighted by Gasteiger charge is 2.31. The normalized spacial score (nSPS) is 28.4. The molecular weight excluding hydrogens is 206 g/mol. The zero-order valence-electron chi connectivity index (χ0n) is 12.6. The lowest BCUT2D eigenvalue weighted by molar-refractivity contribution is 0.137. The van der Waals surface area contributed by atoms with Crippen LogP contribution in [0.4, 0.5) is 0 Å². The van der Waals surface area contributed by atoms with Crippen molar-refractivity contribution in [2.24, 2.45) is 28.9 Å². The second-order valence-corrected chi connectivity index (χ2v) is 7.61. The van der Waals surface area contributed by atoms with Gasteiger partial charge in [-0.1, -0.05) is 34.6 Å². The minimum atomic E-state index is 0.457. The second-order valence-electron chi connectivity index (χ2n) is 7.61. The van der Waals surface area contributed by atoms with Crippen LogP contribution < -0.4 is 5.73 Å². The van der Waals surface area contributed by atoms with Crippen LogP contribution in [0.2, 0.25) is 0 Å². The standard InChI is InChI=1S/C16H33N/c1-12(2)6-11-15(17)13-7-9-14(10-8-13)16(3,4)5/h12-15H,6-11,17H2,1-5H3. The summed E-state index contributed by atoms with van der Waals surface area (Å²) in [5.41, 5.74) is 6.84. The Bertz CT molecular complexity index is 206. The molecule has 0 aliphatic heterocycles. The van der Waals surface area contributed by atoms with Crippen molar-refractivity contribution in [2.45, 2.75) is 79.2 Å². The van der Waals surface area contributed by atoms with Crippen molar-refractivity contribution in [1.82, 2.24) is 0 Å². The Labute approximate surface area is 109 Å². The molecule has 0 aromatic carbocycles. The Morgan fingerprint density at radius 3 is 1.94 bits per heavy atom. The van der Waals surface area contributed by atoms with Gasteiger partial charge in [0, 0.05) is 6.04 Å². The highest BCUT2D eigenvalue weighted by atomic mass is 14.7. The quantitative estimate of drug-likeness (QED) is 0.762. The molecule has 17 heavy (non-hydrogen) atoms. The topological polar surface area (TPSA) is 26.0 Å². The molecule has 0 amide bonds. The fourth-order valence-corrected chi connectivity index (χ4v) is 3.17. The van der Waals surface area contributed by atoms with Crippen molar-refractivity contribution in [3.8, 4) is 0 Å². The molecule has 0 aromatic heterocycles. The van der Waals surface area contributed by atoms with Gasteiger partial charge in [-0.25, -0.2) is 0 Å². The second kappa shape index (κ2) is 6.22. The SMILES string of the molecule is CC(C)CCC(N)C1CCC(C(C)(C)C)CC1. The van der Waals surface area contributed by atoms with Gasteiger partial charge in [0.05, 0.1) is 0 Å². The highest BCUT2D eigenvalue weighted by Crippen LogP contribution is 2.40. The Hall–Kier alpha value is -0.0400. The maximum Gasteiger partial charge on any atom is 0.00672 e. The number of rotatable bonds is 4. The molecule has 1 saturated carbocycles. The van der Waals surface area contributed by atoms with E-state index in [1.165, 1.54) is 38.5 Å². The summed E-state index contributed by atoms with van der Waals surface area (Å²) in [5, 5.41) is 0. The minimum absolute atomic E-state index is 0.457. The molecule has 1 heteroatoms. The van der Waals surface area contributed by atoms with E-state index in [4.69, 9.17) is 5.73 Å². The van der Waals surface area contributed by atoms with E-state index < -0.39 is 0 Å². The zero-order valence-corrected chi connectivity index (χ0v) is 12.6. The third kappa shape index (κ3) is 4.99. The van der Waals surface area contributed by atoms with Gasteiger partial charge in [0.1, 0.15) is 0 Å². The van der Waals surface area contributed by atoms with Crippen molar-refractivity contribution in [1.29, 1.82) is 0 Å². The summed E-state index contributed by atoms with van der Waals surface area (Å²) in [6.45, 7) is 11.7. The molecule has 0 spiro atoms. The van der Waals surface area contributed by atoms with E-state index in [1.54, 1.807) is 0 Å². The van der Waals surface area contributed by atoms with Gasteiger partial charge >= 0.3 is 0 Å². The number of hydrogen-bond donors (Lipinski definition) is 1. The van der Waals surface area contributed by atoms with Gasteiger partial charge in [0.25, 0.3) is 0 Å². The van der Waals surface area contributed by atoms with Crippen LogP contribution in [0.3, 0.4) is 0 Å². The molecule has 1 aliphatic rings. The fraction of sp³-hybridized carbons (Fsp3) is 1.00. The van der Waals surface area contributed by atoms with Crippen molar-refractivity contribution < 1.29 is 0 Å². The maximum absolute atomic E-state index is 6.35. The zero-order chi connectivity index (χ0) is 13.1.